The van der Waals surface area contributed by atoms with Gasteiger partial charge in [-0.3, -0.25) is 14.4 Å². The van der Waals surface area contributed by atoms with Crippen LogP contribution in [0.1, 0.15) is 323 Å². The molecule has 0 aliphatic carbocycles. The first-order valence-corrected chi connectivity index (χ1v) is 32.6. The lowest BCUT2D eigenvalue weighted by Crippen LogP contribution is -2.30. The van der Waals surface area contributed by atoms with E-state index in [1.54, 1.807) is 0 Å². The molecule has 6 nitrogen and oxygen atoms in total. The summed E-state index contributed by atoms with van der Waals surface area (Å²) in [5, 5.41) is 0. The predicted molar refractivity (Wildman–Crippen MR) is 330 cm³/mol. The minimum atomic E-state index is -0.782. The van der Waals surface area contributed by atoms with Crippen molar-refractivity contribution in [3.63, 3.8) is 0 Å². The standard InChI is InChI=1S/C70H122O6/c1-4-7-10-13-16-19-22-24-26-28-30-32-33-34-35-36-37-39-40-42-44-46-48-51-54-57-60-63-69(72)75-66-67(65-74-68(71)62-59-56-53-50-21-18-15-12-9-6-3)76-70(73)64-61-58-55-52-49-47-45-43-41-38-31-29-27-25-23-20-17-14-11-8-5-2/h7,10,12,15-16,19,23-26,29-32,67H,4-6,8-9,11,13-14,17-18,20-22,27-28,33-66H2,1-3H3/b10-7-,15-12-,19-16-,25-23-,26-24-,31-29-,32-30-. The summed E-state index contributed by atoms with van der Waals surface area (Å²) in [4.78, 5) is 38.2. The molecule has 0 aromatic rings. The Balaban J connectivity index is 4.21. The van der Waals surface area contributed by atoms with Gasteiger partial charge in [-0.25, -0.2) is 0 Å². The molecule has 0 saturated carbocycles. The molecular weight excluding hydrogens is 937 g/mol. The van der Waals surface area contributed by atoms with Crippen LogP contribution in [0, 0.1) is 0 Å². The highest BCUT2D eigenvalue weighted by Crippen LogP contribution is 2.17. The molecule has 0 aromatic heterocycles. The van der Waals surface area contributed by atoms with Crippen LogP contribution in [0.25, 0.3) is 0 Å². The molecule has 1 atom stereocenters. The molecule has 438 valence electrons. The van der Waals surface area contributed by atoms with Gasteiger partial charge in [-0.1, -0.05) is 279 Å². The summed E-state index contributed by atoms with van der Waals surface area (Å²) >= 11 is 0. The molecule has 0 amide bonds. The summed E-state index contributed by atoms with van der Waals surface area (Å²) in [5.74, 6) is -0.883. The van der Waals surface area contributed by atoms with Crippen LogP contribution < -0.4 is 0 Å². The van der Waals surface area contributed by atoms with Crippen LogP contribution in [-0.4, -0.2) is 37.2 Å². The molecule has 0 radical (unpaired) electrons. The van der Waals surface area contributed by atoms with E-state index >= 15 is 0 Å². The fourth-order valence-corrected chi connectivity index (χ4v) is 9.23. The molecular formula is C70H122O6. The highest BCUT2D eigenvalue weighted by atomic mass is 16.6. The molecule has 76 heavy (non-hydrogen) atoms. The van der Waals surface area contributed by atoms with Gasteiger partial charge in [0.2, 0.25) is 0 Å². The molecule has 0 bridgehead atoms. The number of rotatable bonds is 59. The number of hydrogen-bond acceptors (Lipinski definition) is 6. The van der Waals surface area contributed by atoms with Gasteiger partial charge >= 0.3 is 17.9 Å². The van der Waals surface area contributed by atoms with E-state index in [2.05, 4.69) is 106 Å². The summed E-state index contributed by atoms with van der Waals surface area (Å²) in [6.07, 6.45) is 84.6. The molecule has 0 spiro atoms. The Morgan fingerprint density at radius 3 is 0.868 bits per heavy atom. The molecule has 0 aromatic carbocycles. The third-order valence-electron chi connectivity index (χ3n) is 14.1. The monoisotopic (exact) mass is 1060 g/mol. The van der Waals surface area contributed by atoms with Crippen molar-refractivity contribution in [2.75, 3.05) is 13.2 Å². The zero-order chi connectivity index (χ0) is 55.0. The second kappa shape index (κ2) is 64.1. The fourth-order valence-electron chi connectivity index (χ4n) is 9.23. The van der Waals surface area contributed by atoms with Crippen LogP contribution >= 0.6 is 0 Å². The lowest BCUT2D eigenvalue weighted by Gasteiger charge is -2.18. The fraction of sp³-hybridized carbons (Fsp3) is 0.757. The van der Waals surface area contributed by atoms with Gasteiger partial charge in [-0.05, 0) is 109 Å². The van der Waals surface area contributed by atoms with E-state index in [0.29, 0.717) is 19.3 Å². The van der Waals surface area contributed by atoms with Gasteiger partial charge in [0.25, 0.3) is 0 Å². The number of allylic oxidation sites excluding steroid dienone is 14. The molecule has 0 N–H and O–H groups in total. The quantitative estimate of drug-likeness (QED) is 0.0261. The minimum absolute atomic E-state index is 0.0792. The van der Waals surface area contributed by atoms with Crippen molar-refractivity contribution < 1.29 is 28.6 Å². The second-order valence-corrected chi connectivity index (χ2v) is 21.6. The van der Waals surface area contributed by atoms with Crippen LogP contribution in [0.4, 0.5) is 0 Å². The highest BCUT2D eigenvalue weighted by Gasteiger charge is 2.19. The number of hydrogen-bond donors (Lipinski definition) is 0. The number of unbranched alkanes of at least 4 members (excludes halogenated alkanes) is 34. The van der Waals surface area contributed by atoms with E-state index < -0.39 is 6.10 Å². The summed E-state index contributed by atoms with van der Waals surface area (Å²) < 4.78 is 16.9. The smallest absolute Gasteiger partial charge is 0.306 e. The van der Waals surface area contributed by atoms with Crippen LogP contribution in [-0.2, 0) is 28.6 Å². The van der Waals surface area contributed by atoms with Crippen molar-refractivity contribution in [2.24, 2.45) is 0 Å². The largest absolute Gasteiger partial charge is 0.462 e. The van der Waals surface area contributed by atoms with Crippen molar-refractivity contribution in [3.05, 3.63) is 85.1 Å². The molecule has 0 aliphatic heterocycles. The van der Waals surface area contributed by atoms with Gasteiger partial charge in [0.1, 0.15) is 13.2 Å². The number of carbonyl (C=O) groups is 3. The maximum absolute atomic E-state index is 12.9. The molecule has 6 heteroatoms. The number of ether oxygens (including phenoxy) is 3. The van der Waals surface area contributed by atoms with Gasteiger partial charge in [-0.2, -0.15) is 0 Å². The minimum Gasteiger partial charge on any atom is -0.462 e. The van der Waals surface area contributed by atoms with Crippen LogP contribution in [0.2, 0.25) is 0 Å². The van der Waals surface area contributed by atoms with Crippen LogP contribution in [0.3, 0.4) is 0 Å². The van der Waals surface area contributed by atoms with Crippen molar-refractivity contribution in [1.29, 1.82) is 0 Å². The van der Waals surface area contributed by atoms with E-state index in [1.807, 2.05) is 0 Å². The third-order valence-corrected chi connectivity index (χ3v) is 14.1. The van der Waals surface area contributed by atoms with E-state index in [4.69, 9.17) is 14.2 Å². The van der Waals surface area contributed by atoms with E-state index in [-0.39, 0.29) is 31.1 Å². The van der Waals surface area contributed by atoms with Crippen LogP contribution in [0.15, 0.2) is 85.1 Å². The number of esters is 3. The van der Waals surface area contributed by atoms with Crippen molar-refractivity contribution in [3.8, 4) is 0 Å². The van der Waals surface area contributed by atoms with Gasteiger partial charge in [0.05, 0.1) is 0 Å². The molecule has 0 aliphatic rings. The Morgan fingerprint density at radius 2 is 0.539 bits per heavy atom. The molecule has 0 saturated heterocycles. The van der Waals surface area contributed by atoms with E-state index in [1.165, 1.54) is 180 Å². The molecule has 0 rings (SSSR count). The topological polar surface area (TPSA) is 78.9 Å². The molecule has 0 fully saturated rings. The van der Waals surface area contributed by atoms with Gasteiger partial charge in [0, 0.05) is 19.3 Å². The Hall–Kier alpha value is -3.41. The first-order valence-electron chi connectivity index (χ1n) is 32.6. The zero-order valence-electron chi connectivity index (χ0n) is 50.3. The SMILES string of the molecule is CC/C=C\C/C=C\C/C=C\C/C=C\CCCCCCCCCCCCCCCCC(=O)OCC(COC(=O)CCCCCCC/C=C\CCC)OC(=O)CCCCCCCCCCC/C=C\C/C=C\CCCCCCC. The first-order chi connectivity index (χ1) is 37.5. The normalized spacial score (nSPS) is 12.6. The van der Waals surface area contributed by atoms with Crippen molar-refractivity contribution in [1.82, 2.24) is 0 Å². The van der Waals surface area contributed by atoms with E-state index in [0.717, 1.165) is 103 Å². The maximum Gasteiger partial charge on any atom is 0.306 e. The number of carbonyl (C=O) groups excluding carboxylic acids is 3. The Kier molecular flexibility index (Phi) is 61.2. The average molecular weight is 1060 g/mol. The first kappa shape index (κ1) is 72.6. The van der Waals surface area contributed by atoms with Gasteiger partial charge in [-0.15, -0.1) is 0 Å². The Morgan fingerprint density at radius 1 is 0.276 bits per heavy atom. The predicted octanol–water partition coefficient (Wildman–Crippen LogP) is 22.3. The van der Waals surface area contributed by atoms with Crippen molar-refractivity contribution in [2.45, 2.75) is 329 Å². The lowest BCUT2D eigenvalue weighted by atomic mass is 10.0. The van der Waals surface area contributed by atoms with E-state index in [9.17, 15) is 14.4 Å². The summed E-state index contributed by atoms with van der Waals surface area (Å²) in [6.45, 7) is 6.48. The Bertz CT molecular complexity index is 1450. The summed E-state index contributed by atoms with van der Waals surface area (Å²) in [5.41, 5.74) is 0. The maximum atomic E-state index is 12.9. The van der Waals surface area contributed by atoms with Gasteiger partial charge < -0.3 is 14.2 Å². The van der Waals surface area contributed by atoms with Gasteiger partial charge in [0.15, 0.2) is 6.10 Å². The zero-order valence-corrected chi connectivity index (χ0v) is 50.3. The molecule has 1 unspecified atom stereocenters. The average Bonchev–Trinajstić information content (AvgIpc) is 3.42. The third kappa shape index (κ3) is 61.4. The lowest BCUT2D eigenvalue weighted by molar-refractivity contribution is -0.167. The highest BCUT2D eigenvalue weighted by molar-refractivity contribution is 5.71. The Labute approximate surface area is 471 Å². The van der Waals surface area contributed by atoms with Crippen LogP contribution in [0.5, 0.6) is 0 Å². The summed E-state index contributed by atoms with van der Waals surface area (Å²) in [6, 6.07) is 0. The summed E-state index contributed by atoms with van der Waals surface area (Å²) in [7, 11) is 0. The second-order valence-electron chi connectivity index (χ2n) is 21.6. The van der Waals surface area contributed by atoms with Crippen molar-refractivity contribution >= 4 is 17.9 Å². The molecule has 0 heterocycles.